The van der Waals surface area contributed by atoms with Gasteiger partial charge in [-0.1, -0.05) is 250 Å². The lowest BCUT2D eigenvalue weighted by atomic mass is 9.59. The average molecular weight is 1770 g/mol. The molecule has 15 nitrogen and oxygen atoms in total. The fourth-order valence-corrected chi connectivity index (χ4v) is 15.3. The molecule has 0 aliphatic heterocycles. The molecule has 4 aliphatic carbocycles. The van der Waals surface area contributed by atoms with Crippen LogP contribution in [0.5, 0.6) is 0 Å². The largest absolute Gasteiger partial charge is 0.463 e. The highest BCUT2D eigenvalue weighted by atomic mass is 16.6. The summed E-state index contributed by atoms with van der Waals surface area (Å²) in [6, 6.07) is 0. The first-order valence-corrected chi connectivity index (χ1v) is 47.3. The van der Waals surface area contributed by atoms with Gasteiger partial charge in [-0.2, -0.15) is 0 Å². The topological polar surface area (TPSA) is 233 Å². The van der Waals surface area contributed by atoms with Gasteiger partial charge in [-0.15, -0.1) is 0 Å². The summed E-state index contributed by atoms with van der Waals surface area (Å²) in [6.45, 7) is 68.1. The Morgan fingerprint density at radius 2 is 0.512 bits per heavy atom. The zero-order valence-corrected chi connectivity index (χ0v) is 85.5. The minimum absolute atomic E-state index is 0.0465. The molecule has 0 bridgehead atoms. The number of hydrogen-bond acceptors (Lipinski definition) is 15. The first kappa shape index (κ1) is 122. The van der Waals surface area contributed by atoms with Crippen molar-refractivity contribution >= 4 is 29.8 Å². The molecule has 0 radical (unpaired) electrons. The zero-order chi connectivity index (χ0) is 97.3. The maximum absolute atomic E-state index is 12.6. The smallest absolute Gasteiger partial charge is 0.330 e. The Morgan fingerprint density at radius 1 is 0.291 bits per heavy atom. The van der Waals surface area contributed by atoms with Gasteiger partial charge in [-0.05, 0) is 333 Å². The summed E-state index contributed by atoms with van der Waals surface area (Å²) in [5.41, 5.74) is 18.2. The molecule has 4 aliphatic rings. The molecule has 0 spiro atoms. The molecule has 4 rings (SSSR count). The fourth-order valence-electron chi connectivity index (χ4n) is 15.3. The molecule has 0 fully saturated rings. The number of esters is 5. The summed E-state index contributed by atoms with van der Waals surface area (Å²) in [7, 11) is 0. The van der Waals surface area contributed by atoms with Crippen molar-refractivity contribution < 1.29 is 73.2 Å². The van der Waals surface area contributed by atoms with Crippen molar-refractivity contribution in [1.29, 1.82) is 0 Å². The van der Waals surface area contributed by atoms with Crippen molar-refractivity contribution in [2.75, 3.05) is 66.1 Å². The number of carbonyl (C=O) groups excluding carboxylic acids is 5. The minimum atomic E-state index is -0.533. The molecule has 0 aromatic carbocycles. The Kier molecular flexibility index (Phi) is 61.8. The molecule has 0 unspecified atom stereocenters. The lowest BCUT2D eigenvalue weighted by Gasteiger charge is -2.45. The number of aliphatic hydroxyl groups is 5. The van der Waals surface area contributed by atoms with Crippen LogP contribution in [0.15, 0.2) is 201 Å². The molecule has 0 amide bonds. The van der Waals surface area contributed by atoms with Crippen molar-refractivity contribution in [2.24, 2.45) is 43.3 Å². The highest BCUT2D eigenvalue weighted by Crippen LogP contribution is 2.55. The second kappa shape index (κ2) is 64.5. The summed E-state index contributed by atoms with van der Waals surface area (Å²) < 4.78 is 25.4. The van der Waals surface area contributed by atoms with Gasteiger partial charge in [0.2, 0.25) is 0 Å². The summed E-state index contributed by atoms with van der Waals surface area (Å²) >= 11 is 0. The molecule has 5 N–H and O–H groups in total. The van der Waals surface area contributed by atoms with Crippen LogP contribution in [0.25, 0.3) is 0 Å². The maximum Gasteiger partial charge on any atom is 0.330 e. The third kappa shape index (κ3) is 49.5. The van der Waals surface area contributed by atoms with Gasteiger partial charge in [0, 0.05) is 6.08 Å². The lowest BCUT2D eigenvalue weighted by molar-refractivity contribution is -0.165. The van der Waals surface area contributed by atoms with Gasteiger partial charge < -0.3 is 49.2 Å². The molecule has 4 atom stereocenters. The van der Waals surface area contributed by atoms with Gasteiger partial charge in [-0.3, -0.25) is 19.2 Å². The number of aliphatic hydroxyl groups excluding tert-OH is 5. The molecule has 15 heteroatoms. The van der Waals surface area contributed by atoms with Gasteiger partial charge in [-0.25, -0.2) is 4.79 Å². The van der Waals surface area contributed by atoms with E-state index in [-0.39, 0.29) is 112 Å². The first-order valence-electron chi connectivity index (χ1n) is 47.3. The third-order valence-electron chi connectivity index (χ3n) is 26.0. The third-order valence-corrected chi connectivity index (χ3v) is 26.0. The highest BCUT2D eigenvalue weighted by Gasteiger charge is 2.53. The highest BCUT2D eigenvalue weighted by molar-refractivity contribution is 5.81. The van der Waals surface area contributed by atoms with Crippen LogP contribution in [-0.4, -0.2) is 121 Å². The Labute approximate surface area is 775 Å². The van der Waals surface area contributed by atoms with Crippen LogP contribution in [-0.2, 0) is 47.7 Å². The number of allylic oxidation sites excluding steroid dienone is 30. The standard InChI is InChI=1S/4C23H38O3.C15H24.C5H8O3/c2*1-18(2)9-7-10-19(3)11-8-12-20-13-14-23(6,22(4,5)17-20)21(25)26-16-15-24;2*1-18(2)9-7-10-19(3)11-8-12-20-13-14-22(4,5)23(6,17-20)21(25)26-16-15-24;1-6-14(4)10-8-12-15(5)11-7-9-13(2)3;1-2-5(7)8-4-3-6/h4*9,11,13,24H,7-8,10,12,14-17H2,1-6H3;6,9,12H,1,4,7-8,10-11H2,2-3,5H3;2,6H,1,3-4H2/b4*19-11+;15-12+;/t4*23-;;/m1010../s1. The predicted octanol–water partition coefficient (Wildman–Crippen LogP) is 27.9. The number of carbonyl (C=O) groups is 5. The molecular formula is C112H184O15. The molecule has 722 valence electrons. The van der Waals surface area contributed by atoms with Crippen LogP contribution in [0.3, 0.4) is 0 Å². The summed E-state index contributed by atoms with van der Waals surface area (Å²) in [4.78, 5) is 60.3. The van der Waals surface area contributed by atoms with E-state index in [2.05, 4.69) is 269 Å². The molecule has 0 saturated carbocycles. The second-order valence-corrected chi connectivity index (χ2v) is 40.3. The van der Waals surface area contributed by atoms with Gasteiger partial charge in [0.1, 0.15) is 33.0 Å². The number of rotatable bonds is 46. The molecule has 0 saturated heterocycles. The van der Waals surface area contributed by atoms with Crippen LogP contribution in [0.1, 0.15) is 367 Å². The summed E-state index contributed by atoms with van der Waals surface area (Å²) in [5, 5.41) is 43.8. The van der Waals surface area contributed by atoms with E-state index in [0.717, 1.165) is 172 Å². The van der Waals surface area contributed by atoms with E-state index < -0.39 is 27.6 Å². The van der Waals surface area contributed by atoms with Gasteiger partial charge in [0.15, 0.2) is 0 Å². The zero-order valence-electron chi connectivity index (χ0n) is 85.5. The fraction of sp³-hybridized carbons (Fsp3) is 0.652. The SMILES string of the molecule is C=CC(=C)CC/C=C(\C)CCC=C(C)C.C=CC(=O)OCCO.CC(C)=CCC/C(C)=C/CCC1=CCC(C)(C)[C@@](C)(C(=O)OCCO)C1.CC(C)=CCC/C(C)=C/CCC1=CCC(C)(C)[C@](C)(C(=O)OCCO)C1.CC(C)=CCC/C(C)=C/CCC1=CC[C@@](C)(C(=O)OCCO)C(C)(C)C1.CC(C)=CCC/C(C)=C/CCC1=CC[C@](C)(C(=O)OCCO)C(C)(C)C1. The van der Waals surface area contributed by atoms with Crippen molar-refractivity contribution in [1.82, 2.24) is 0 Å². The normalized spacial score (nSPS) is 20.3. The van der Waals surface area contributed by atoms with Crippen LogP contribution in [0, 0.1) is 43.3 Å². The van der Waals surface area contributed by atoms with Crippen LogP contribution in [0.4, 0.5) is 0 Å². The van der Waals surface area contributed by atoms with Crippen molar-refractivity contribution in [3.8, 4) is 0 Å². The van der Waals surface area contributed by atoms with E-state index in [9.17, 15) is 24.0 Å². The summed E-state index contributed by atoms with van der Waals surface area (Å²) in [5.74, 6) is -1.26. The van der Waals surface area contributed by atoms with Gasteiger partial charge in [0.05, 0.1) is 54.7 Å². The van der Waals surface area contributed by atoms with E-state index in [1.54, 1.807) is 0 Å². The van der Waals surface area contributed by atoms with E-state index in [0.29, 0.717) is 12.8 Å². The second-order valence-electron chi connectivity index (χ2n) is 40.3. The Morgan fingerprint density at radius 3 is 0.740 bits per heavy atom. The van der Waals surface area contributed by atoms with Crippen molar-refractivity contribution in [3.05, 3.63) is 201 Å². The van der Waals surface area contributed by atoms with E-state index in [1.165, 1.54) is 84.4 Å². The van der Waals surface area contributed by atoms with E-state index >= 15 is 0 Å². The minimum Gasteiger partial charge on any atom is -0.463 e. The van der Waals surface area contributed by atoms with E-state index in [4.69, 9.17) is 44.5 Å². The Balaban J connectivity index is 0. The van der Waals surface area contributed by atoms with Gasteiger partial charge >= 0.3 is 29.8 Å². The summed E-state index contributed by atoms with van der Waals surface area (Å²) in [6.07, 6.45) is 63.3. The molecule has 127 heavy (non-hydrogen) atoms. The van der Waals surface area contributed by atoms with E-state index in [1.807, 2.05) is 33.8 Å². The van der Waals surface area contributed by atoms with Crippen LogP contribution >= 0.6 is 0 Å². The number of hydrogen-bond donors (Lipinski definition) is 5. The quantitative estimate of drug-likeness (QED) is 0.0125. The first-order chi connectivity index (χ1) is 59.3. The molecule has 0 heterocycles. The lowest BCUT2D eigenvalue weighted by Crippen LogP contribution is -2.45. The predicted molar refractivity (Wildman–Crippen MR) is 535 cm³/mol. The maximum atomic E-state index is 12.6. The molecule has 0 aromatic rings. The number of ether oxygens (including phenoxy) is 5. The van der Waals surface area contributed by atoms with Crippen LogP contribution < -0.4 is 0 Å². The molecule has 0 aromatic heterocycles. The average Bonchev–Trinajstić information content (AvgIpc) is 0.782. The van der Waals surface area contributed by atoms with Crippen molar-refractivity contribution in [2.45, 2.75) is 367 Å². The Bertz CT molecular complexity index is 3600. The van der Waals surface area contributed by atoms with Crippen molar-refractivity contribution in [3.63, 3.8) is 0 Å². The molecular weight excluding hydrogens is 1590 g/mol. The van der Waals surface area contributed by atoms with Crippen LogP contribution in [0.2, 0.25) is 0 Å². The Hall–Kier alpha value is -7.27. The van der Waals surface area contributed by atoms with Gasteiger partial charge in [0.25, 0.3) is 0 Å². The monoisotopic (exact) mass is 1770 g/mol.